The van der Waals surface area contributed by atoms with Crippen molar-refractivity contribution in [2.24, 2.45) is 10.7 Å². The van der Waals surface area contributed by atoms with Crippen LogP contribution < -0.4 is 15.2 Å². The fraction of sp³-hybridized carbons (Fsp3) is 0.176. The number of carbonyl (C=O) groups excluding carboxylic acids is 1. The minimum atomic E-state index is -0.664. The molecule has 8 heteroatoms. The maximum Gasteiger partial charge on any atom is 0.283 e. The lowest BCUT2D eigenvalue weighted by Crippen LogP contribution is -2.11. The standard InChI is InChI=1S/C17H16BrFN2O3S/c1-23-14-7-6-11(18)8-10(14)9-24-15-12(4-3-5-13(15)19)16(22)21-17(20)25-2/h3-8H,9H2,1-2H3,(H2,20,21,22). The average molecular weight is 427 g/mol. The van der Waals surface area contributed by atoms with Crippen molar-refractivity contribution in [3.8, 4) is 11.5 Å². The summed E-state index contributed by atoms with van der Waals surface area (Å²) in [5, 5.41) is 0.0915. The molecule has 2 aromatic rings. The smallest absolute Gasteiger partial charge is 0.283 e. The van der Waals surface area contributed by atoms with Gasteiger partial charge in [0.2, 0.25) is 0 Å². The molecule has 0 saturated heterocycles. The van der Waals surface area contributed by atoms with Crippen LogP contribution >= 0.6 is 27.7 Å². The van der Waals surface area contributed by atoms with Crippen LogP contribution in [-0.2, 0) is 6.61 Å². The van der Waals surface area contributed by atoms with Gasteiger partial charge in [-0.25, -0.2) is 4.39 Å². The van der Waals surface area contributed by atoms with Gasteiger partial charge in [0.15, 0.2) is 16.7 Å². The monoisotopic (exact) mass is 426 g/mol. The maximum atomic E-state index is 14.2. The largest absolute Gasteiger partial charge is 0.496 e. The molecule has 132 valence electrons. The lowest BCUT2D eigenvalue weighted by molar-refractivity contribution is 0.0997. The van der Waals surface area contributed by atoms with Gasteiger partial charge in [-0.1, -0.05) is 33.8 Å². The van der Waals surface area contributed by atoms with Crippen molar-refractivity contribution in [2.45, 2.75) is 6.61 Å². The molecule has 0 heterocycles. The predicted molar refractivity (Wildman–Crippen MR) is 101 cm³/mol. The Labute approximate surface area is 157 Å². The van der Waals surface area contributed by atoms with Gasteiger partial charge in [0, 0.05) is 10.0 Å². The number of amidine groups is 1. The SMILES string of the molecule is COc1ccc(Br)cc1COc1c(F)cccc1C(=O)N=C(N)SC. The number of nitrogens with two attached hydrogens (primary N) is 1. The number of para-hydroxylation sites is 1. The average Bonchev–Trinajstić information content (AvgIpc) is 2.60. The van der Waals surface area contributed by atoms with Crippen molar-refractivity contribution < 1.29 is 18.7 Å². The van der Waals surface area contributed by atoms with Crippen molar-refractivity contribution in [3.05, 3.63) is 57.8 Å². The molecule has 2 aromatic carbocycles. The number of amides is 1. The van der Waals surface area contributed by atoms with Gasteiger partial charge >= 0.3 is 0 Å². The summed E-state index contributed by atoms with van der Waals surface area (Å²) in [4.78, 5) is 15.9. The van der Waals surface area contributed by atoms with E-state index in [-0.39, 0.29) is 23.1 Å². The molecule has 1 amide bonds. The van der Waals surface area contributed by atoms with Crippen LogP contribution in [0.3, 0.4) is 0 Å². The van der Waals surface area contributed by atoms with Crippen LogP contribution in [0.5, 0.6) is 11.5 Å². The number of hydrogen-bond acceptors (Lipinski definition) is 4. The second-order valence-corrected chi connectivity index (χ2v) is 6.56. The zero-order chi connectivity index (χ0) is 18.4. The van der Waals surface area contributed by atoms with Gasteiger partial charge in [0.25, 0.3) is 5.91 Å². The molecule has 0 aromatic heterocycles. The van der Waals surface area contributed by atoms with E-state index in [1.165, 1.54) is 25.3 Å². The Hall–Kier alpha value is -2.06. The zero-order valence-electron chi connectivity index (χ0n) is 13.6. The Kier molecular flexibility index (Phi) is 6.83. The summed E-state index contributed by atoms with van der Waals surface area (Å²) in [6.45, 7) is 0.0194. The summed E-state index contributed by atoms with van der Waals surface area (Å²) in [7, 11) is 1.53. The number of rotatable bonds is 5. The third kappa shape index (κ3) is 4.96. The van der Waals surface area contributed by atoms with Crippen LogP contribution in [0.15, 0.2) is 45.9 Å². The fourth-order valence-electron chi connectivity index (χ4n) is 2.04. The molecule has 0 aliphatic heterocycles. The van der Waals surface area contributed by atoms with Gasteiger partial charge in [-0.3, -0.25) is 4.79 Å². The van der Waals surface area contributed by atoms with Crippen LogP contribution in [0, 0.1) is 5.82 Å². The van der Waals surface area contributed by atoms with Gasteiger partial charge in [0.1, 0.15) is 12.4 Å². The lowest BCUT2D eigenvalue weighted by atomic mass is 10.1. The number of nitrogens with zero attached hydrogens (tertiary/aromatic N) is 1. The van der Waals surface area contributed by atoms with E-state index in [0.717, 1.165) is 16.2 Å². The number of methoxy groups -OCH3 is 1. The van der Waals surface area contributed by atoms with Crippen LogP contribution in [0.4, 0.5) is 4.39 Å². The molecule has 0 saturated carbocycles. The van der Waals surface area contributed by atoms with E-state index in [0.29, 0.717) is 11.3 Å². The van der Waals surface area contributed by atoms with Crippen LogP contribution in [0.2, 0.25) is 0 Å². The number of carbonyl (C=O) groups is 1. The van der Waals surface area contributed by atoms with E-state index in [2.05, 4.69) is 20.9 Å². The normalized spacial score (nSPS) is 11.3. The fourth-order valence-corrected chi connectivity index (χ4v) is 2.62. The summed E-state index contributed by atoms with van der Waals surface area (Å²) in [6, 6.07) is 9.45. The van der Waals surface area contributed by atoms with Gasteiger partial charge in [-0.15, -0.1) is 0 Å². The third-order valence-corrected chi connectivity index (χ3v) is 4.24. The Morgan fingerprint density at radius 1 is 1.36 bits per heavy atom. The summed E-state index contributed by atoms with van der Waals surface area (Å²) in [6.07, 6.45) is 1.69. The van der Waals surface area contributed by atoms with E-state index in [9.17, 15) is 9.18 Å². The highest BCUT2D eigenvalue weighted by Gasteiger charge is 2.17. The minimum absolute atomic E-state index is 0.00552. The van der Waals surface area contributed by atoms with E-state index in [4.69, 9.17) is 15.2 Å². The van der Waals surface area contributed by atoms with Crippen LogP contribution in [0.1, 0.15) is 15.9 Å². The quantitative estimate of drug-likeness (QED) is 0.577. The molecule has 0 aliphatic carbocycles. The number of thioether (sulfide) groups is 1. The van der Waals surface area contributed by atoms with E-state index >= 15 is 0 Å². The Bertz CT molecular complexity index is 814. The Morgan fingerprint density at radius 2 is 2.12 bits per heavy atom. The molecular formula is C17H16BrFN2O3S. The molecule has 0 spiro atoms. The zero-order valence-corrected chi connectivity index (χ0v) is 16.0. The molecule has 0 radical (unpaired) electrons. The lowest BCUT2D eigenvalue weighted by Gasteiger charge is -2.13. The number of halogens is 2. The van der Waals surface area contributed by atoms with Gasteiger partial charge in [-0.2, -0.15) is 4.99 Å². The van der Waals surface area contributed by atoms with Crippen LogP contribution in [-0.4, -0.2) is 24.4 Å². The van der Waals surface area contributed by atoms with Crippen molar-refractivity contribution in [2.75, 3.05) is 13.4 Å². The second kappa shape index (κ2) is 8.87. The predicted octanol–water partition coefficient (Wildman–Crippen LogP) is 3.99. The molecule has 2 rings (SSSR count). The van der Waals surface area contributed by atoms with E-state index in [1.54, 1.807) is 18.4 Å². The minimum Gasteiger partial charge on any atom is -0.496 e. The molecule has 2 N–H and O–H groups in total. The highest BCUT2D eigenvalue weighted by Crippen LogP contribution is 2.28. The van der Waals surface area contributed by atoms with Crippen molar-refractivity contribution in [3.63, 3.8) is 0 Å². The Balaban J connectivity index is 2.31. The van der Waals surface area contributed by atoms with E-state index in [1.807, 2.05) is 6.07 Å². The molecule has 0 aliphatic rings. The molecule has 0 atom stereocenters. The molecule has 25 heavy (non-hydrogen) atoms. The first-order valence-corrected chi connectivity index (χ1v) is 9.14. The second-order valence-electron chi connectivity index (χ2n) is 4.82. The number of benzene rings is 2. The Morgan fingerprint density at radius 3 is 2.80 bits per heavy atom. The topological polar surface area (TPSA) is 73.9 Å². The van der Waals surface area contributed by atoms with Crippen molar-refractivity contribution >= 4 is 38.8 Å². The summed E-state index contributed by atoms with van der Waals surface area (Å²) in [5.41, 5.74) is 6.26. The van der Waals surface area contributed by atoms with Gasteiger partial charge < -0.3 is 15.2 Å². The number of ether oxygens (including phenoxy) is 2. The molecule has 0 bridgehead atoms. The van der Waals surface area contributed by atoms with Crippen molar-refractivity contribution in [1.29, 1.82) is 0 Å². The number of aliphatic imine (C=N–C) groups is 1. The van der Waals surface area contributed by atoms with Crippen LogP contribution in [0.25, 0.3) is 0 Å². The first-order chi connectivity index (χ1) is 12.0. The van der Waals surface area contributed by atoms with E-state index < -0.39 is 11.7 Å². The van der Waals surface area contributed by atoms with Gasteiger partial charge in [-0.05, 0) is 36.6 Å². The first-order valence-electron chi connectivity index (χ1n) is 7.12. The summed E-state index contributed by atoms with van der Waals surface area (Å²) < 4.78 is 25.9. The van der Waals surface area contributed by atoms with Crippen molar-refractivity contribution in [1.82, 2.24) is 0 Å². The molecular weight excluding hydrogens is 411 g/mol. The maximum absolute atomic E-state index is 14.2. The highest BCUT2D eigenvalue weighted by molar-refractivity contribution is 9.10. The summed E-state index contributed by atoms with van der Waals surface area (Å²) >= 11 is 4.49. The summed E-state index contributed by atoms with van der Waals surface area (Å²) in [5.74, 6) is -0.899. The highest BCUT2D eigenvalue weighted by atomic mass is 79.9. The first kappa shape index (κ1) is 19.3. The third-order valence-electron chi connectivity index (χ3n) is 3.23. The van der Waals surface area contributed by atoms with Gasteiger partial charge in [0.05, 0.1) is 12.7 Å². The molecule has 0 unspecified atom stereocenters. The molecule has 5 nitrogen and oxygen atoms in total. The number of hydrogen-bond donors (Lipinski definition) is 1. The molecule has 0 fully saturated rings.